The van der Waals surface area contributed by atoms with Crippen LogP contribution in [0.5, 0.6) is 0 Å². The van der Waals surface area contributed by atoms with Crippen LogP contribution < -0.4 is 0 Å². The third-order valence-electron chi connectivity index (χ3n) is 6.10. The Morgan fingerprint density at radius 1 is 1.20 bits per heavy atom. The van der Waals surface area contributed by atoms with Gasteiger partial charge < -0.3 is 14.2 Å². The van der Waals surface area contributed by atoms with Gasteiger partial charge in [-0.2, -0.15) is 0 Å². The van der Waals surface area contributed by atoms with Gasteiger partial charge in [0.15, 0.2) is 11.4 Å². The van der Waals surface area contributed by atoms with Gasteiger partial charge in [0.1, 0.15) is 24.1 Å². The number of ketones is 2. The number of Topliss-reactive ketones (excluding diaryl/α,β-unsaturated/α-hetero) is 2. The summed E-state index contributed by atoms with van der Waals surface area (Å²) in [5.41, 5.74) is -0.673. The molecule has 0 aromatic carbocycles. The monoisotopic (exact) mass is 348 g/mol. The van der Waals surface area contributed by atoms with Crippen LogP contribution in [0.3, 0.4) is 0 Å². The first-order valence-electron chi connectivity index (χ1n) is 8.99. The third-order valence-corrected chi connectivity index (χ3v) is 6.10. The molecule has 4 heterocycles. The summed E-state index contributed by atoms with van der Waals surface area (Å²) in [5, 5.41) is 0. The van der Waals surface area contributed by atoms with Crippen LogP contribution >= 0.6 is 0 Å². The number of hydrogen-bond donors (Lipinski definition) is 0. The highest BCUT2D eigenvalue weighted by atomic mass is 16.7. The second kappa shape index (κ2) is 5.48. The fourth-order valence-corrected chi connectivity index (χ4v) is 4.59. The molecule has 6 nitrogen and oxygen atoms in total. The molecule has 4 fully saturated rings. The van der Waals surface area contributed by atoms with Crippen LogP contribution in [0.25, 0.3) is 0 Å². The van der Waals surface area contributed by atoms with Gasteiger partial charge in [0.2, 0.25) is 0 Å². The zero-order valence-electron chi connectivity index (χ0n) is 14.7. The van der Waals surface area contributed by atoms with Gasteiger partial charge in [0, 0.05) is 25.7 Å². The average molecular weight is 348 g/mol. The van der Waals surface area contributed by atoms with E-state index in [9.17, 15) is 14.4 Å². The van der Waals surface area contributed by atoms with E-state index in [1.807, 2.05) is 13.8 Å². The van der Waals surface area contributed by atoms with Crippen LogP contribution in [0.2, 0.25) is 0 Å². The van der Waals surface area contributed by atoms with E-state index in [0.717, 1.165) is 5.57 Å². The summed E-state index contributed by atoms with van der Waals surface area (Å²) in [5.74, 6) is -0.390. The Hall–Kier alpha value is -1.53. The summed E-state index contributed by atoms with van der Waals surface area (Å²) < 4.78 is 17.3. The van der Waals surface area contributed by atoms with E-state index in [1.165, 1.54) is 0 Å². The van der Waals surface area contributed by atoms with Gasteiger partial charge in [-0.15, -0.1) is 0 Å². The van der Waals surface area contributed by atoms with Crippen LogP contribution in [-0.2, 0) is 28.6 Å². The molecule has 0 N–H and O–H groups in total. The molecule has 0 aromatic rings. The number of carbonyl (C=O) groups excluding carboxylic acids is 3. The molecular formula is C19H24O6. The highest BCUT2D eigenvalue weighted by Gasteiger charge is 2.73. The predicted molar refractivity (Wildman–Crippen MR) is 86.8 cm³/mol. The highest BCUT2D eigenvalue weighted by Crippen LogP contribution is 2.53. The summed E-state index contributed by atoms with van der Waals surface area (Å²) >= 11 is 0. The summed E-state index contributed by atoms with van der Waals surface area (Å²) in [4.78, 5) is 37.1. The van der Waals surface area contributed by atoms with E-state index in [-0.39, 0.29) is 48.5 Å². The van der Waals surface area contributed by atoms with E-state index < -0.39 is 17.3 Å². The Morgan fingerprint density at radius 2 is 1.96 bits per heavy atom. The molecule has 0 aliphatic carbocycles. The molecule has 4 aliphatic rings. The molecule has 136 valence electrons. The van der Waals surface area contributed by atoms with Crippen molar-refractivity contribution in [3.8, 4) is 0 Å². The number of ether oxygens (including phenoxy) is 3. The Kier molecular flexibility index (Phi) is 3.71. The number of epoxide rings is 1. The molecule has 0 radical (unpaired) electrons. The molecular weight excluding hydrogens is 324 g/mol. The van der Waals surface area contributed by atoms with Gasteiger partial charge in [0.05, 0.1) is 5.60 Å². The zero-order valence-corrected chi connectivity index (χ0v) is 14.7. The predicted octanol–water partition coefficient (Wildman–Crippen LogP) is 1.89. The van der Waals surface area contributed by atoms with Gasteiger partial charge in [-0.1, -0.05) is 12.2 Å². The van der Waals surface area contributed by atoms with Crippen molar-refractivity contribution in [1.29, 1.82) is 0 Å². The maximum absolute atomic E-state index is 12.5. The number of fused-ring (bicyclic) bond motifs is 2. The van der Waals surface area contributed by atoms with Crippen molar-refractivity contribution < 1.29 is 28.6 Å². The minimum absolute atomic E-state index is 0.00773. The Bertz CT molecular complexity index is 669. The Labute approximate surface area is 146 Å². The largest absolute Gasteiger partial charge is 0.457 e. The molecule has 0 spiro atoms. The van der Waals surface area contributed by atoms with Crippen molar-refractivity contribution in [2.75, 3.05) is 0 Å². The normalized spacial score (nSPS) is 46.6. The Balaban J connectivity index is 1.62. The van der Waals surface area contributed by atoms with Crippen molar-refractivity contribution in [3.05, 3.63) is 12.2 Å². The minimum Gasteiger partial charge on any atom is -0.457 e. The molecule has 0 saturated carbocycles. The SMILES string of the molecule is C=C(C)[C@H]1CCC23O[C@H]2[C@@H](C[C@@]2(C)CC(=O)[C@@H](CC(=O)C1)O2)OC3=O. The van der Waals surface area contributed by atoms with Crippen LogP contribution in [0.4, 0.5) is 0 Å². The first-order valence-corrected chi connectivity index (χ1v) is 8.99. The first-order chi connectivity index (χ1) is 11.7. The van der Waals surface area contributed by atoms with Crippen LogP contribution in [0.1, 0.15) is 52.4 Å². The quantitative estimate of drug-likeness (QED) is 0.409. The van der Waals surface area contributed by atoms with Crippen LogP contribution in [-0.4, -0.2) is 47.0 Å². The smallest absolute Gasteiger partial charge is 0.341 e. The van der Waals surface area contributed by atoms with Gasteiger partial charge in [-0.05, 0) is 32.6 Å². The summed E-state index contributed by atoms with van der Waals surface area (Å²) in [6.07, 6.45) is 0.945. The number of carbonyl (C=O) groups is 3. The number of rotatable bonds is 1. The van der Waals surface area contributed by atoms with Crippen LogP contribution in [0, 0.1) is 5.92 Å². The molecule has 4 rings (SSSR count). The number of allylic oxidation sites excluding steroid dienone is 1. The maximum atomic E-state index is 12.5. The zero-order chi connectivity index (χ0) is 18.0. The molecule has 0 aromatic heterocycles. The fraction of sp³-hybridized carbons (Fsp3) is 0.737. The van der Waals surface area contributed by atoms with E-state index in [0.29, 0.717) is 25.7 Å². The summed E-state index contributed by atoms with van der Waals surface area (Å²) in [6.45, 7) is 7.72. The lowest BCUT2D eigenvalue weighted by atomic mass is 9.84. The summed E-state index contributed by atoms with van der Waals surface area (Å²) in [7, 11) is 0. The lowest BCUT2D eigenvalue weighted by Gasteiger charge is -2.27. The van der Waals surface area contributed by atoms with E-state index in [4.69, 9.17) is 14.2 Å². The van der Waals surface area contributed by atoms with E-state index >= 15 is 0 Å². The summed E-state index contributed by atoms with van der Waals surface area (Å²) in [6, 6.07) is 0. The maximum Gasteiger partial charge on any atom is 0.341 e. The van der Waals surface area contributed by atoms with Gasteiger partial charge >= 0.3 is 5.97 Å². The standard InChI is InChI=1S/C19H24O6/c1-10(2)11-4-5-19-16(25-19)15(23-17(19)22)9-18(3)8-13(21)14(24-18)7-12(20)6-11/h11,14-16H,1,4-9H2,2-3H3/t11-,14+,15+,16-,18+,19?/m0/s1. The Morgan fingerprint density at radius 3 is 2.64 bits per heavy atom. The van der Waals surface area contributed by atoms with Crippen LogP contribution in [0.15, 0.2) is 12.2 Å². The van der Waals surface area contributed by atoms with Gasteiger partial charge in [-0.3, -0.25) is 9.59 Å². The first kappa shape index (κ1) is 16.9. The number of esters is 1. The van der Waals surface area contributed by atoms with Crippen molar-refractivity contribution >= 4 is 17.5 Å². The topological polar surface area (TPSA) is 82.2 Å². The molecule has 4 saturated heterocycles. The third kappa shape index (κ3) is 2.75. The van der Waals surface area contributed by atoms with Gasteiger partial charge in [-0.25, -0.2) is 4.79 Å². The van der Waals surface area contributed by atoms with Gasteiger partial charge in [0.25, 0.3) is 0 Å². The molecule has 25 heavy (non-hydrogen) atoms. The van der Waals surface area contributed by atoms with E-state index in [2.05, 4.69) is 6.58 Å². The molecule has 4 aliphatic heterocycles. The van der Waals surface area contributed by atoms with E-state index in [1.54, 1.807) is 0 Å². The highest BCUT2D eigenvalue weighted by molar-refractivity contribution is 5.92. The van der Waals surface area contributed by atoms with Crippen molar-refractivity contribution in [3.63, 3.8) is 0 Å². The van der Waals surface area contributed by atoms with Crippen molar-refractivity contribution in [2.45, 2.75) is 81.9 Å². The fourth-order valence-electron chi connectivity index (χ4n) is 4.59. The second-order valence-electron chi connectivity index (χ2n) is 8.30. The average Bonchev–Trinajstić information content (AvgIpc) is 3.10. The number of hydrogen-bond acceptors (Lipinski definition) is 6. The lowest BCUT2D eigenvalue weighted by Crippen LogP contribution is -2.33. The minimum atomic E-state index is -0.867. The molecule has 4 bridgehead atoms. The molecule has 1 unspecified atom stereocenters. The van der Waals surface area contributed by atoms with Crippen molar-refractivity contribution in [1.82, 2.24) is 0 Å². The molecule has 6 atom stereocenters. The second-order valence-corrected chi connectivity index (χ2v) is 8.30. The van der Waals surface area contributed by atoms with Crippen molar-refractivity contribution in [2.24, 2.45) is 5.92 Å². The molecule has 6 heteroatoms. The molecule has 0 amide bonds. The lowest BCUT2D eigenvalue weighted by molar-refractivity contribution is -0.158.